The Bertz CT molecular complexity index is 145. The molecule has 0 aromatic heterocycles. The van der Waals surface area contributed by atoms with Gasteiger partial charge in [-0.3, -0.25) is 0 Å². The normalized spacial score (nSPS) is 23.5. The lowest BCUT2D eigenvalue weighted by Crippen LogP contribution is -2.26. The quantitative estimate of drug-likeness (QED) is 0.631. The Balaban J connectivity index is 2.13. The van der Waals surface area contributed by atoms with E-state index in [1.807, 2.05) is 0 Å². The smallest absolute Gasteiger partial charge is 0.315 e. The highest BCUT2D eigenvalue weighted by molar-refractivity contribution is 5.76. The summed E-state index contributed by atoms with van der Waals surface area (Å²) in [4.78, 5) is 10.7. The van der Waals surface area contributed by atoms with E-state index in [4.69, 9.17) is 0 Å². The highest BCUT2D eigenvalue weighted by Crippen LogP contribution is 2.07. The van der Waals surface area contributed by atoms with Gasteiger partial charge in [0, 0.05) is 12.6 Å². The summed E-state index contributed by atoms with van der Waals surface area (Å²) in [7, 11) is 0. The van der Waals surface area contributed by atoms with E-state index in [0.717, 1.165) is 18.9 Å². The topological polar surface area (TPSA) is 41.1 Å². The van der Waals surface area contributed by atoms with Crippen molar-refractivity contribution in [3.63, 3.8) is 0 Å². The molecule has 0 saturated carbocycles. The van der Waals surface area contributed by atoms with Crippen LogP contribution in [0.3, 0.4) is 0 Å². The van der Waals surface area contributed by atoms with Crippen LogP contribution in [-0.4, -0.2) is 18.6 Å². The molecule has 0 aromatic rings. The third-order valence-electron chi connectivity index (χ3n) is 1.94. The van der Waals surface area contributed by atoms with Crippen molar-refractivity contribution in [3.8, 4) is 0 Å². The van der Waals surface area contributed by atoms with Crippen LogP contribution in [0, 0.1) is 5.92 Å². The number of carbonyl (C=O) groups excluding carboxylic acids is 1. The molecule has 0 bridgehead atoms. The van der Waals surface area contributed by atoms with Gasteiger partial charge in [0.2, 0.25) is 0 Å². The first-order chi connectivity index (χ1) is 5.18. The highest BCUT2D eigenvalue weighted by atomic mass is 16.2. The van der Waals surface area contributed by atoms with E-state index >= 15 is 0 Å². The maximum atomic E-state index is 10.7. The Morgan fingerprint density at radius 3 is 2.82 bits per heavy atom. The van der Waals surface area contributed by atoms with Gasteiger partial charge in [-0.2, -0.15) is 0 Å². The molecule has 1 heterocycles. The predicted molar refractivity (Wildman–Crippen MR) is 44.4 cm³/mol. The second-order valence-corrected chi connectivity index (χ2v) is 3.52. The highest BCUT2D eigenvalue weighted by Gasteiger charge is 2.18. The zero-order valence-corrected chi connectivity index (χ0v) is 7.18. The molecular formula is C8H16N2O. The largest absolute Gasteiger partial charge is 0.336 e. The van der Waals surface area contributed by atoms with E-state index in [9.17, 15) is 4.79 Å². The van der Waals surface area contributed by atoms with Crippen molar-refractivity contribution in [2.24, 2.45) is 5.92 Å². The zero-order chi connectivity index (χ0) is 8.27. The average molecular weight is 156 g/mol. The fourth-order valence-corrected chi connectivity index (χ4v) is 1.21. The minimum Gasteiger partial charge on any atom is -0.336 e. The fraction of sp³-hybridized carbons (Fsp3) is 0.875. The van der Waals surface area contributed by atoms with Crippen LogP contribution in [0.2, 0.25) is 0 Å². The van der Waals surface area contributed by atoms with E-state index < -0.39 is 0 Å². The molecule has 1 atom stereocenters. The first-order valence-electron chi connectivity index (χ1n) is 4.23. The van der Waals surface area contributed by atoms with Gasteiger partial charge in [0.05, 0.1) is 0 Å². The molecule has 3 heteroatoms. The molecule has 0 aromatic carbocycles. The first-order valence-corrected chi connectivity index (χ1v) is 4.23. The number of hydrogen-bond donors (Lipinski definition) is 2. The van der Waals surface area contributed by atoms with Crippen LogP contribution in [0.15, 0.2) is 0 Å². The molecule has 1 unspecified atom stereocenters. The Morgan fingerprint density at radius 2 is 2.36 bits per heavy atom. The summed E-state index contributed by atoms with van der Waals surface area (Å²) in [5.41, 5.74) is 0. The minimum atomic E-state index is -0.0150. The molecule has 11 heavy (non-hydrogen) atoms. The van der Waals surface area contributed by atoms with Gasteiger partial charge in [0.1, 0.15) is 0 Å². The molecule has 1 aliphatic heterocycles. The Hall–Kier alpha value is -0.730. The van der Waals surface area contributed by atoms with Crippen LogP contribution >= 0.6 is 0 Å². The van der Waals surface area contributed by atoms with Crippen molar-refractivity contribution < 1.29 is 4.79 Å². The fourth-order valence-electron chi connectivity index (χ4n) is 1.21. The zero-order valence-electron chi connectivity index (χ0n) is 7.18. The maximum Gasteiger partial charge on any atom is 0.315 e. The van der Waals surface area contributed by atoms with Crippen molar-refractivity contribution in [3.05, 3.63) is 0 Å². The Labute approximate surface area is 67.5 Å². The molecular weight excluding hydrogens is 140 g/mol. The monoisotopic (exact) mass is 156 g/mol. The molecule has 3 nitrogen and oxygen atoms in total. The van der Waals surface area contributed by atoms with Gasteiger partial charge in [0.15, 0.2) is 0 Å². The lowest BCUT2D eigenvalue weighted by atomic mass is 10.0. The van der Waals surface area contributed by atoms with Crippen LogP contribution in [0.1, 0.15) is 26.7 Å². The second-order valence-electron chi connectivity index (χ2n) is 3.52. The predicted octanol–water partition coefficient (Wildman–Crippen LogP) is 1.10. The SMILES string of the molecule is CC(C)CCC1CNC(=O)N1. The van der Waals surface area contributed by atoms with Crippen molar-refractivity contribution in [2.75, 3.05) is 6.54 Å². The van der Waals surface area contributed by atoms with Crippen LogP contribution in [-0.2, 0) is 0 Å². The Morgan fingerprint density at radius 1 is 1.64 bits per heavy atom. The molecule has 2 amide bonds. The molecule has 2 N–H and O–H groups in total. The molecule has 1 fully saturated rings. The maximum absolute atomic E-state index is 10.7. The number of nitrogens with one attached hydrogen (secondary N) is 2. The van der Waals surface area contributed by atoms with E-state index in [0.29, 0.717) is 6.04 Å². The number of rotatable bonds is 3. The van der Waals surface area contributed by atoms with Gasteiger partial charge < -0.3 is 10.6 Å². The number of urea groups is 1. The summed E-state index contributed by atoms with van der Waals surface area (Å²) < 4.78 is 0. The summed E-state index contributed by atoms with van der Waals surface area (Å²) in [5, 5.41) is 5.60. The second kappa shape index (κ2) is 3.60. The van der Waals surface area contributed by atoms with E-state index in [2.05, 4.69) is 24.5 Å². The standard InChI is InChI=1S/C8H16N2O/c1-6(2)3-4-7-5-9-8(11)10-7/h6-7H,3-5H2,1-2H3,(H2,9,10,11). The summed E-state index contributed by atoms with van der Waals surface area (Å²) >= 11 is 0. The van der Waals surface area contributed by atoms with Gasteiger partial charge in [0.25, 0.3) is 0 Å². The van der Waals surface area contributed by atoms with E-state index in [-0.39, 0.29) is 6.03 Å². The van der Waals surface area contributed by atoms with E-state index in [1.54, 1.807) is 0 Å². The third kappa shape index (κ3) is 2.78. The Kier molecular flexibility index (Phi) is 2.74. The number of amides is 2. The molecule has 0 spiro atoms. The molecule has 1 saturated heterocycles. The van der Waals surface area contributed by atoms with Crippen LogP contribution in [0.4, 0.5) is 4.79 Å². The van der Waals surface area contributed by atoms with Crippen LogP contribution in [0.5, 0.6) is 0 Å². The molecule has 0 aliphatic carbocycles. The number of hydrogen-bond acceptors (Lipinski definition) is 1. The first kappa shape index (κ1) is 8.37. The van der Waals surface area contributed by atoms with Crippen molar-refractivity contribution in [1.82, 2.24) is 10.6 Å². The molecule has 1 rings (SSSR count). The summed E-state index contributed by atoms with van der Waals surface area (Å²) in [6, 6.07) is 0.351. The van der Waals surface area contributed by atoms with Gasteiger partial charge in [-0.05, 0) is 18.8 Å². The number of carbonyl (C=O) groups is 1. The van der Waals surface area contributed by atoms with E-state index in [1.165, 1.54) is 6.42 Å². The third-order valence-corrected chi connectivity index (χ3v) is 1.94. The van der Waals surface area contributed by atoms with Crippen molar-refractivity contribution >= 4 is 6.03 Å². The lowest BCUT2D eigenvalue weighted by Gasteiger charge is -2.09. The molecule has 0 radical (unpaired) electrons. The van der Waals surface area contributed by atoms with Gasteiger partial charge >= 0.3 is 6.03 Å². The van der Waals surface area contributed by atoms with Gasteiger partial charge in [-0.1, -0.05) is 13.8 Å². The average Bonchev–Trinajstić information content (AvgIpc) is 2.31. The summed E-state index contributed by atoms with van der Waals surface area (Å²) in [6.07, 6.45) is 2.28. The molecule has 64 valence electrons. The van der Waals surface area contributed by atoms with Crippen molar-refractivity contribution in [2.45, 2.75) is 32.7 Å². The van der Waals surface area contributed by atoms with Crippen LogP contribution in [0.25, 0.3) is 0 Å². The molecule has 1 aliphatic rings. The van der Waals surface area contributed by atoms with Gasteiger partial charge in [-0.15, -0.1) is 0 Å². The minimum absolute atomic E-state index is 0.0150. The lowest BCUT2D eigenvalue weighted by molar-refractivity contribution is 0.247. The summed E-state index contributed by atoms with van der Waals surface area (Å²) in [6.45, 7) is 5.19. The summed E-state index contributed by atoms with van der Waals surface area (Å²) in [5.74, 6) is 0.729. The van der Waals surface area contributed by atoms with Crippen molar-refractivity contribution in [1.29, 1.82) is 0 Å². The van der Waals surface area contributed by atoms with Crippen LogP contribution < -0.4 is 10.6 Å². The van der Waals surface area contributed by atoms with Gasteiger partial charge in [-0.25, -0.2) is 4.79 Å².